The monoisotopic (exact) mass is 406 g/mol. The van der Waals surface area contributed by atoms with Crippen LogP contribution in [-0.2, 0) is 19.6 Å². The second kappa shape index (κ2) is 8.05. The summed E-state index contributed by atoms with van der Waals surface area (Å²) in [5.74, 6) is -2.45. The van der Waals surface area contributed by atoms with Crippen LogP contribution in [0.15, 0.2) is 35.2 Å². The molecule has 1 aliphatic heterocycles. The minimum Gasteiger partial charge on any atom is -0.481 e. The Morgan fingerprint density at radius 1 is 1.00 bits per heavy atom. The third kappa shape index (κ3) is 3.98. The van der Waals surface area contributed by atoms with Crippen LogP contribution in [0.4, 0.5) is 0 Å². The van der Waals surface area contributed by atoms with Crippen LogP contribution >= 0.6 is 0 Å². The van der Waals surface area contributed by atoms with Gasteiger partial charge in [-0.1, -0.05) is 24.3 Å². The average Bonchev–Trinajstić information content (AvgIpc) is 2.69. The Kier molecular flexibility index (Phi) is 5.90. The quantitative estimate of drug-likeness (QED) is 0.770. The van der Waals surface area contributed by atoms with Crippen molar-refractivity contribution >= 4 is 21.9 Å². The second-order valence-electron chi connectivity index (χ2n) is 7.49. The molecule has 1 N–H and O–H groups in total. The average molecular weight is 407 g/mol. The van der Waals surface area contributed by atoms with Crippen LogP contribution in [0.2, 0.25) is 0 Å². The van der Waals surface area contributed by atoms with Crippen LogP contribution in [0, 0.1) is 25.7 Å². The molecule has 1 aromatic rings. The summed E-state index contributed by atoms with van der Waals surface area (Å²) in [5, 5.41) is 9.39. The lowest BCUT2D eigenvalue weighted by molar-refractivity contribution is -0.151. The molecule has 1 amide bonds. The Morgan fingerprint density at radius 3 is 2.21 bits per heavy atom. The summed E-state index contributed by atoms with van der Waals surface area (Å²) < 4.78 is 27.4. The van der Waals surface area contributed by atoms with E-state index < -0.39 is 27.8 Å². The van der Waals surface area contributed by atoms with Gasteiger partial charge >= 0.3 is 5.97 Å². The van der Waals surface area contributed by atoms with Crippen LogP contribution in [-0.4, -0.2) is 60.8 Å². The molecule has 0 bridgehead atoms. The molecule has 28 heavy (non-hydrogen) atoms. The minimum atomic E-state index is -3.62. The number of carboxylic acids is 1. The molecule has 2 aliphatic rings. The highest BCUT2D eigenvalue weighted by molar-refractivity contribution is 7.89. The number of hydrogen-bond donors (Lipinski definition) is 1. The van der Waals surface area contributed by atoms with Gasteiger partial charge in [0.25, 0.3) is 0 Å². The molecule has 1 fully saturated rings. The second-order valence-corrected chi connectivity index (χ2v) is 9.40. The molecule has 1 aromatic carbocycles. The van der Waals surface area contributed by atoms with Crippen LogP contribution < -0.4 is 0 Å². The molecule has 2 atom stereocenters. The number of carbonyl (C=O) groups excluding carboxylic acids is 1. The molecule has 7 nitrogen and oxygen atoms in total. The van der Waals surface area contributed by atoms with Crippen molar-refractivity contribution in [1.29, 1.82) is 0 Å². The molecule has 152 valence electrons. The van der Waals surface area contributed by atoms with Gasteiger partial charge in [0.2, 0.25) is 15.9 Å². The minimum absolute atomic E-state index is 0.194. The van der Waals surface area contributed by atoms with Crippen molar-refractivity contribution in [3.63, 3.8) is 0 Å². The van der Waals surface area contributed by atoms with Gasteiger partial charge in [-0.3, -0.25) is 9.59 Å². The molecule has 1 aliphatic carbocycles. The number of carbonyl (C=O) groups is 2. The summed E-state index contributed by atoms with van der Waals surface area (Å²) in [6, 6.07) is 5.35. The molecule has 0 unspecified atom stereocenters. The number of aryl methyl sites for hydroxylation is 2. The number of amides is 1. The fraction of sp³-hybridized carbons (Fsp3) is 0.500. The molecule has 1 saturated heterocycles. The molecular formula is C20H26N2O5S. The summed E-state index contributed by atoms with van der Waals surface area (Å²) in [5.41, 5.74) is 1.57. The van der Waals surface area contributed by atoms with E-state index in [0.717, 1.165) is 5.56 Å². The fourth-order valence-electron chi connectivity index (χ4n) is 3.87. The van der Waals surface area contributed by atoms with Crippen molar-refractivity contribution in [2.45, 2.75) is 31.6 Å². The number of sulfonamides is 1. The highest BCUT2D eigenvalue weighted by Gasteiger charge is 2.38. The number of benzene rings is 1. The third-order valence-corrected chi connectivity index (χ3v) is 7.62. The third-order valence-electron chi connectivity index (χ3n) is 5.58. The van der Waals surface area contributed by atoms with E-state index in [1.165, 1.54) is 4.31 Å². The Morgan fingerprint density at radius 2 is 1.61 bits per heavy atom. The molecule has 0 saturated carbocycles. The van der Waals surface area contributed by atoms with E-state index >= 15 is 0 Å². The zero-order valence-electron chi connectivity index (χ0n) is 16.2. The highest BCUT2D eigenvalue weighted by Crippen LogP contribution is 2.29. The van der Waals surface area contributed by atoms with Gasteiger partial charge in [0.15, 0.2) is 0 Å². The van der Waals surface area contributed by atoms with Crippen molar-refractivity contribution in [3.05, 3.63) is 41.5 Å². The normalized spacial score (nSPS) is 23.6. The lowest BCUT2D eigenvalue weighted by Gasteiger charge is -2.37. The Bertz CT molecular complexity index is 901. The summed E-state index contributed by atoms with van der Waals surface area (Å²) in [7, 11) is -3.62. The van der Waals surface area contributed by atoms with E-state index in [1.54, 1.807) is 30.0 Å². The molecule has 0 spiro atoms. The van der Waals surface area contributed by atoms with E-state index in [2.05, 4.69) is 0 Å². The van der Waals surface area contributed by atoms with Crippen LogP contribution in [0.25, 0.3) is 0 Å². The predicted molar refractivity (Wildman–Crippen MR) is 104 cm³/mol. The number of carboxylic acid groups (broad SMARTS) is 1. The highest BCUT2D eigenvalue weighted by atomic mass is 32.2. The predicted octanol–water partition coefficient (Wildman–Crippen LogP) is 1.80. The molecular weight excluding hydrogens is 380 g/mol. The fourth-order valence-corrected chi connectivity index (χ4v) is 5.60. The molecule has 0 aromatic heterocycles. The number of rotatable bonds is 4. The number of aliphatic carboxylic acids is 1. The van der Waals surface area contributed by atoms with Gasteiger partial charge in [-0.2, -0.15) is 4.31 Å². The van der Waals surface area contributed by atoms with Gasteiger partial charge in [-0.05, 0) is 43.9 Å². The smallest absolute Gasteiger partial charge is 0.307 e. The standard InChI is InChI=1S/C20H26N2O5S/c1-14-7-8-15(2)18(13-14)28(26,27)22-11-9-21(10-12-22)19(23)16-5-3-4-6-17(16)20(24)25/h3-4,7-8,13,16-17H,5-6,9-12H2,1-2H3,(H,24,25)/t16-,17+/m1/s1. The van der Waals surface area contributed by atoms with E-state index in [-0.39, 0.29) is 32.1 Å². The summed E-state index contributed by atoms with van der Waals surface area (Å²) in [6.07, 6.45) is 4.42. The van der Waals surface area contributed by atoms with Crippen molar-refractivity contribution in [3.8, 4) is 0 Å². The summed E-state index contributed by atoms with van der Waals surface area (Å²) in [4.78, 5) is 26.2. The molecule has 8 heteroatoms. The van der Waals surface area contributed by atoms with E-state index in [0.29, 0.717) is 23.3 Å². The lowest BCUT2D eigenvalue weighted by atomic mass is 9.82. The van der Waals surface area contributed by atoms with Crippen LogP contribution in [0.1, 0.15) is 24.0 Å². The van der Waals surface area contributed by atoms with Crippen molar-refractivity contribution in [2.24, 2.45) is 11.8 Å². The Labute approximate surface area is 165 Å². The van der Waals surface area contributed by atoms with E-state index in [4.69, 9.17) is 0 Å². The molecule has 0 radical (unpaired) electrons. The van der Waals surface area contributed by atoms with Crippen molar-refractivity contribution < 1.29 is 23.1 Å². The summed E-state index contributed by atoms with van der Waals surface area (Å²) >= 11 is 0. The largest absolute Gasteiger partial charge is 0.481 e. The maximum Gasteiger partial charge on any atom is 0.307 e. The number of nitrogens with zero attached hydrogens (tertiary/aromatic N) is 2. The van der Waals surface area contributed by atoms with Gasteiger partial charge in [0.05, 0.1) is 16.7 Å². The first-order valence-electron chi connectivity index (χ1n) is 9.46. The first kappa shape index (κ1) is 20.5. The maximum atomic E-state index is 13.0. The van der Waals surface area contributed by atoms with Gasteiger partial charge in [-0.25, -0.2) is 8.42 Å². The number of allylic oxidation sites excluding steroid dienone is 2. The molecule has 1 heterocycles. The first-order valence-corrected chi connectivity index (χ1v) is 10.9. The Hall–Kier alpha value is -2.19. The van der Waals surface area contributed by atoms with Crippen molar-refractivity contribution in [1.82, 2.24) is 9.21 Å². The van der Waals surface area contributed by atoms with Gasteiger partial charge in [0.1, 0.15) is 0 Å². The van der Waals surface area contributed by atoms with Gasteiger partial charge in [0, 0.05) is 26.2 Å². The Balaban J connectivity index is 1.70. The first-order chi connectivity index (χ1) is 13.2. The van der Waals surface area contributed by atoms with E-state index in [1.807, 2.05) is 19.1 Å². The van der Waals surface area contributed by atoms with E-state index in [9.17, 15) is 23.1 Å². The van der Waals surface area contributed by atoms with Gasteiger partial charge < -0.3 is 10.0 Å². The summed E-state index contributed by atoms with van der Waals surface area (Å²) in [6.45, 7) is 4.59. The van der Waals surface area contributed by atoms with Crippen LogP contribution in [0.3, 0.4) is 0 Å². The SMILES string of the molecule is Cc1ccc(C)c(S(=O)(=O)N2CCN(C(=O)[C@@H]3CC=CC[C@@H]3C(=O)O)CC2)c1. The maximum absolute atomic E-state index is 13.0. The molecule has 3 rings (SSSR count). The van der Waals surface area contributed by atoms with Crippen LogP contribution in [0.5, 0.6) is 0 Å². The topological polar surface area (TPSA) is 95.0 Å². The van der Waals surface area contributed by atoms with Crippen molar-refractivity contribution in [2.75, 3.05) is 26.2 Å². The number of hydrogen-bond acceptors (Lipinski definition) is 4. The number of piperazine rings is 1. The van der Waals surface area contributed by atoms with Gasteiger partial charge in [-0.15, -0.1) is 0 Å². The zero-order chi connectivity index (χ0) is 20.5. The lowest BCUT2D eigenvalue weighted by Crippen LogP contribution is -2.53. The zero-order valence-corrected chi connectivity index (χ0v) is 17.0.